The van der Waals surface area contributed by atoms with Crippen LogP contribution in [0.3, 0.4) is 0 Å². The Morgan fingerprint density at radius 2 is 1.05 bits per heavy atom. The number of fused-ring (bicyclic) bond motifs is 4. The zero-order valence-electron chi connectivity index (χ0n) is 46.0. The zero-order valence-corrected chi connectivity index (χ0v) is 46.0. The lowest BCUT2D eigenvalue weighted by molar-refractivity contribution is -0.139. The molecule has 6 aliphatic carbocycles. The molecule has 8 aliphatic rings. The first-order valence-corrected chi connectivity index (χ1v) is 29.2. The van der Waals surface area contributed by atoms with Gasteiger partial charge in [0.15, 0.2) is 0 Å². The predicted octanol–water partition coefficient (Wildman–Crippen LogP) is 12.2. The molecule has 4 heterocycles. The summed E-state index contributed by atoms with van der Waals surface area (Å²) in [5.74, 6) is 1.76. The fourth-order valence-electron chi connectivity index (χ4n) is 13.9. The molecule has 4 fully saturated rings. The molecule has 4 bridgehead atoms. The number of ether oxygens (including phenoxy) is 2. The molecule has 2 aromatic heterocycles. The summed E-state index contributed by atoms with van der Waals surface area (Å²) in [6, 6.07) is 25.1. The number of aromatic amines is 2. The molecule has 4 N–H and O–H groups in total. The molecule has 4 amide bonds. The molecule has 2 saturated carbocycles. The van der Waals surface area contributed by atoms with Crippen LogP contribution in [0.5, 0.6) is 0 Å². The van der Waals surface area contributed by atoms with Crippen molar-refractivity contribution in [2.24, 2.45) is 23.7 Å². The van der Waals surface area contributed by atoms with E-state index in [1.54, 1.807) is 0 Å². The first kappa shape index (κ1) is 53.2. The monoisotopic (exact) mass is 1060 g/mol. The number of nitrogens with zero attached hydrogens (tertiary/aromatic N) is 4. The van der Waals surface area contributed by atoms with Crippen molar-refractivity contribution in [2.45, 2.75) is 167 Å². The molecular weight excluding hydrogens is 984 g/mol. The Hall–Kier alpha value is -6.77. The lowest BCUT2D eigenvalue weighted by Crippen LogP contribution is -2.54. The van der Waals surface area contributed by atoms with Crippen LogP contribution < -0.4 is 10.6 Å². The maximum absolute atomic E-state index is 14.7. The van der Waals surface area contributed by atoms with E-state index >= 15 is 0 Å². The average molecular weight is 1060 g/mol. The highest BCUT2D eigenvalue weighted by Gasteiger charge is 2.50. The molecule has 4 aromatic carbocycles. The zero-order chi connectivity index (χ0) is 54.2. The molecule has 14 rings (SSSR count). The van der Waals surface area contributed by atoms with E-state index in [2.05, 4.69) is 98.3 Å². The molecule has 15 heteroatoms. The smallest absolute Gasteiger partial charge is 0.407 e. The second-order valence-corrected chi connectivity index (χ2v) is 23.6. The van der Waals surface area contributed by atoms with Crippen LogP contribution in [-0.2, 0) is 44.7 Å². The predicted molar refractivity (Wildman–Crippen MR) is 300 cm³/mol. The number of likely N-dealkylation sites (tertiary alicyclic amines) is 2. The number of alkyl halides is 1. The van der Waals surface area contributed by atoms with Crippen molar-refractivity contribution >= 4 is 46.1 Å². The standard InChI is InChI=1S/C63H77FN8O6/c1-6-28-77-62(75)69-56(36(2)3)60(73)71-52-13-9-7-11-44(52)34-54(71)58-65-48-25-23-42(32-50(48)67-58)46-30-38-15-19-40(46)20-16-39-18-22-41(21-17-38)47(31-39)43-24-26-49-51(33-43)68-59(66-49)55-35-45-12-8-10-14-53(45)72(55)61(74)57(37(4)5)70-63(76)78-29-27-64/h15,18-19,22-26,30-33,36-37,44-45,52-57H,6-14,16-17,20-21,27-29,34-35H2,1-5H3,(H,65,67)(H,66,68)(H,69,75)(H,70,76)/t44-,45-,52-,53-,54-,55-,56-,57-/m0/s1. The van der Waals surface area contributed by atoms with Gasteiger partial charge in [-0.2, -0.15) is 0 Å². The Balaban J connectivity index is 0.835. The summed E-state index contributed by atoms with van der Waals surface area (Å²) >= 11 is 0. The van der Waals surface area contributed by atoms with Crippen LogP contribution in [-0.4, -0.2) is 97.8 Å². The van der Waals surface area contributed by atoms with E-state index in [9.17, 15) is 23.6 Å². The highest BCUT2D eigenvalue weighted by atomic mass is 19.1. The minimum absolute atomic E-state index is 0.0539. The van der Waals surface area contributed by atoms with Crippen molar-refractivity contribution in [1.82, 2.24) is 40.4 Å². The maximum atomic E-state index is 14.7. The third-order valence-corrected chi connectivity index (χ3v) is 17.8. The number of hydrogen-bond donors (Lipinski definition) is 4. The number of nitrogens with one attached hydrogen (secondary N) is 4. The number of aryl methyl sites for hydroxylation is 4. The lowest BCUT2D eigenvalue weighted by atomic mass is 9.84. The number of amides is 4. The van der Waals surface area contributed by atoms with Gasteiger partial charge in [0, 0.05) is 12.1 Å². The lowest BCUT2D eigenvalue weighted by Gasteiger charge is -2.36. The van der Waals surface area contributed by atoms with Crippen LogP contribution in [0.1, 0.15) is 151 Å². The van der Waals surface area contributed by atoms with Crippen molar-refractivity contribution in [2.75, 3.05) is 19.9 Å². The molecule has 2 saturated heterocycles. The maximum Gasteiger partial charge on any atom is 0.407 e. The van der Waals surface area contributed by atoms with Crippen LogP contribution in [0.25, 0.3) is 44.3 Å². The highest BCUT2D eigenvalue weighted by Crippen LogP contribution is 2.48. The van der Waals surface area contributed by atoms with Crippen LogP contribution in [0.4, 0.5) is 14.0 Å². The van der Waals surface area contributed by atoms with Crippen molar-refractivity contribution in [3.05, 3.63) is 107 Å². The van der Waals surface area contributed by atoms with Crippen LogP contribution in [0.15, 0.2) is 72.8 Å². The minimum atomic E-state index is -0.815. The number of hydrogen-bond acceptors (Lipinski definition) is 8. The highest BCUT2D eigenvalue weighted by molar-refractivity contribution is 5.89. The summed E-state index contributed by atoms with van der Waals surface area (Å²) in [7, 11) is 0. The van der Waals surface area contributed by atoms with Gasteiger partial charge in [-0.25, -0.2) is 23.9 Å². The van der Waals surface area contributed by atoms with Gasteiger partial charge >= 0.3 is 12.2 Å². The van der Waals surface area contributed by atoms with E-state index in [1.807, 2.05) is 39.5 Å². The average Bonchev–Trinajstić information content (AvgIpc) is 4.30. The van der Waals surface area contributed by atoms with Gasteiger partial charge in [-0.15, -0.1) is 0 Å². The van der Waals surface area contributed by atoms with Crippen LogP contribution in [0, 0.1) is 23.7 Å². The van der Waals surface area contributed by atoms with Crippen molar-refractivity contribution in [3.8, 4) is 22.3 Å². The largest absolute Gasteiger partial charge is 0.450 e. The minimum Gasteiger partial charge on any atom is -0.450 e. The molecule has 0 spiro atoms. The van der Waals surface area contributed by atoms with Gasteiger partial charge in [0.25, 0.3) is 0 Å². The number of rotatable bonds is 14. The summed E-state index contributed by atoms with van der Waals surface area (Å²) in [6.07, 6.45) is 12.9. The van der Waals surface area contributed by atoms with E-state index < -0.39 is 30.9 Å². The van der Waals surface area contributed by atoms with Gasteiger partial charge in [-0.3, -0.25) is 9.59 Å². The van der Waals surface area contributed by atoms with Gasteiger partial charge < -0.3 is 39.9 Å². The summed E-state index contributed by atoms with van der Waals surface area (Å²) in [5.41, 5.74) is 13.3. The number of benzene rings is 4. The Bertz CT molecular complexity index is 2970. The molecule has 412 valence electrons. The third-order valence-electron chi connectivity index (χ3n) is 17.8. The van der Waals surface area contributed by atoms with Crippen molar-refractivity contribution in [1.29, 1.82) is 0 Å². The quantitative estimate of drug-likeness (QED) is 0.0834. The Labute approximate surface area is 457 Å². The number of H-pyrrole nitrogens is 2. The third kappa shape index (κ3) is 10.7. The van der Waals surface area contributed by atoms with Gasteiger partial charge in [-0.1, -0.05) is 109 Å². The van der Waals surface area contributed by atoms with Crippen molar-refractivity contribution in [3.63, 3.8) is 0 Å². The second-order valence-electron chi connectivity index (χ2n) is 23.6. The van der Waals surface area contributed by atoms with Gasteiger partial charge in [-0.05, 0) is 163 Å². The number of imidazole rings is 2. The topological polar surface area (TPSA) is 175 Å². The molecule has 0 radical (unpaired) electrons. The number of carbonyl (C=O) groups is 4. The van der Waals surface area contributed by atoms with Gasteiger partial charge in [0.05, 0.1) is 40.8 Å². The van der Waals surface area contributed by atoms with Crippen LogP contribution in [0.2, 0.25) is 0 Å². The Morgan fingerprint density at radius 3 is 1.49 bits per heavy atom. The number of alkyl carbamates (subject to hydrolysis) is 2. The van der Waals surface area contributed by atoms with Crippen molar-refractivity contribution < 1.29 is 33.0 Å². The van der Waals surface area contributed by atoms with Gasteiger partial charge in [0.2, 0.25) is 11.8 Å². The summed E-state index contributed by atoms with van der Waals surface area (Å²) in [6.45, 7) is 8.89. The van der Waals surface area contributed by atoms with E-state index in [1.165, 1.54) is 33.4 Å². The Morgan fingerprint density at radius 1 is 0.603 bits per heavy atom. The molecule has 6 aromatic rings. The molecule has 8 atom stereocenters. The first-order valence-electron chi connectivity index (χ1n) is 29.2. The summed E-state index contributed by atoms with van der Waals surface area (Å²) in [4.78, 5) is 76.5. The summed E-state index contributed by atoms with van der Waals surface area (Å²) < 4.78 is 23.2. The fraction of sp³-hybridized carbons (Fsp3) is 0.524. The molecule has 0 unspecified atom stereocenters. The van der Waals surface area contributed by atoms with Gasteiger partial charge in [0.1, 0.15) is 37.0 Å². The Kier molecular flexibility index (Phi) is 15.6. The summed E-state index contributed by atoms with van der Waals surface area (Å²) in [5, 5.41) is 5.68. The second kappa shape index (κ2) is 22.9. The van der Waals surface area contributed by atoms with Crippen LogP contribution >= 0.6 is 0 Å². The van der Waals surface area contributed by atoms with E-state index in [0.717, 1.165) is 135 Å². The number of carbonyl (C=O) groups excluding carboxylic acids is 4. The fourth-order valence-corrected chi connectivity index (χ4v) is 13.9. The molecule has 14 nitrogen and oxygen atoms in total. The molecule has 2 aliphatic heterocycles. The van der Waals surface area contributed by atoms with E-state index in [0.29, 0.717) is 24.9 Å². The molecular formula is C63H77FN8O6. The number of halogens is 1. The SMILES string of the molecule is CCCOC(=O)N[C@H](C(=O)N1[C@H](c2nc3ccc(-c4cc5ccc4CCc4ccc(c(-c6ccc7nc([C@@H]8C[C@@H]9CCCC[C@@H]9N8C(=O)[C@@H](NC(=O)OCCF)C(C)C)[nH]c7c6)c4)CC5)cc3[nH]2)C[C@@H]2CCCC[C@@H]21)C(C)C. The normalized spacial score (nSPS) is 22.8. The van der Waals surface area contributed by atoms with E-state index in [-0.39, 0.29) is 54.4 Å². The molecule has 78 heavy (non-hydrogen) atoms. The number of aromatic nitrogens is 4. The van der Waals surface area contributed by atoms with E-state index in [4.69, 9.17) is 19.4 Å². The first-order chi connectivity index (χ1) is 37.8.